The van der Waals surface area contributed by atoms with E-state index in [1.807, 2.05) is 13.8 Å². The van der Waals surface area contributed by atoms with E-state index in [0.29, 0.717) is 12.6 Å². The molecule has 3 heteroatoms. The van der Waals surface area contributed by atoms with E-state index >= 15 is 0 Å². The Morgan fingerprint density at radius 3 is 2.33 bits per heavy atom. The van der Waals surface area contributed by atoms with E-state index < -0.39 is 0 Å². The minimum atomic E-state index is -0.358. The van der Waals surface area contributed by atoms with Crippen LogP contribution in [0.25, 0.3) is 0 Å². The zero-order valence-electron chi connectivity index (χ0n) is 11.4. The maximum atomic E-state index is 11.7. The van der Waals surface area contributed by atoms with Crippen molar-refractivity contribution in [3.63, 3.8) is 0 Å². The van der Waals surface area contributed by atoms with Gasteiger partial charge in [0.05, 0.1) is 5.41 Å². The summed E-state index contributed by atoms with van der Waals surface area (Å²) in [6, 6.07) is 9.04. The second kappa shape index (κ2) is 5.11. The molecule has 1 aromatic carbocycles. The Labute approximate surface area is 109 Å². The molecule has 98 valence electrons. The van der Waals surface area contributed by atoms with Crippen LogP contribution in [-0.2, 0) is 17.6 Å². The number of hydrogen-bond acceptors (Lipinski definition) is 2. The van der Waals surface area contributed by atoms with Crippen molar-refractivity contribution in [3.8, 4) is 0 Å². The first-order valence-corrected chi connectivity index (χ1v) is 6.55. The molecule has 0 radical (unpaired) electrons. The van der Waals surface area contributed by atoms with Gasteiger partial charge >= 0.3 is 0 Å². The Morgan fingerprint density at radius 1 is 1.28 bits per heavy atom. The quantitative estimate of drug-likeness (QED) is 0.845. The van der Waals surface area contributed by atoms with Gasteiger partial charge in [0.2, 0.25) is 5.91 Å². The number of fused-ring (bicyclic) bond motifs is 1. The summed E-state index contributed by atoms with van der Waals surface area (Å²) in [5.74, 6) is 0.0884. The van der Waals surface area contributed by atoms with Crippen molar-refractivity contribution in [1.82, 2.24) is 10.6 Å². The monoisotopic (exact) mass is 246 g/mol. The molecule has 0 spiro atoms. The van der Waals surface area contributed by atoms with Crippen LogP contribution in [0.4, 0.5) is 0 Å². The topological polar surface area (TPSA) is 41.1 Å². The minimum Gasteiger partial charge on any atom is -0.359 e. The maximum Gasteiger partial charge on any atom is 0.226 e. The van der Waals surface area contributed by atoms with Crippen LogP contribution >= 0.6 is 0 Å². The zero-order valence-corrected chi connectivity index (χ0v) is 11.4. The average Bonchev–Trinajstić information content (AvgIpc) is 2.78. The molecule has 3 nitrogen and oxygen atoms in total. The number of carbonyl (C=O) groups is 1. The molecule has 1 aliphatic rings. The number of nitrogens with one attached hydrogen (secondary N) is 2. The summed E-state index contributed by atoms with van der Waals surface area (Å²) in [5, 5.41) is 6.24. The molecule has 0 bridgehead atoms. The standard InChI is InChI=1S/C15H22N2O/c1-15(2,14(18)16-3)10-17-13-8-11-6-4-5-7-12(11)9-13/h4-7,13,17H,8-10H2,1-3H3,(H,16,18). The molecular weight excluding hydrogens is 224 g/mol. The highest BCUT2D eigenvalue weighted by Gasteiger charge is 2.28. The molecule has 0 heterocycles. The molecule has 0 unspecified atom stereocenters. The van der Waals surface area contributed by atoms with Crippen LogP contribution in [0.3, 0.4) is 0 Å². The van der Waals surface area contributed by atoms with Crippen molar-refractivity contribution in [1.29, 1.82) is 0 Å². The summed E-state index contributed by atoms with van der Waals surface area (Å²) in [7, 11) is 1.69. The average molecular weight is 246 g/mol. The maximum absolute atomic E-state index is 11.7. The Bertz CT molecular complexity index is 415. The van der Waals surface area contributed by atoms with Gasteiger partial charge in [-0.15, -0.1) is 0 Å². The fraction of sp³-hybridized carbons (Fsp3) is 0.533. The van der Waals surface area contributed by atoms with Gasteiger partial charge in [-0.2, -0.15) is 0 Å². The molecule has 1 amide bonds. The fourth-order valence-electron chi connectivity index (χ4n) is 2.52. The van der Waals surface area contributed by atoms with Gasteiger partial charge in [-0.1, -0.05) is 24.3 Å². The van der Waals surface area contributed by atoms with Crippen LogP contribution in [-0.4, -0.2) is 25.5 Å². The van der Waals surface area contributed by atoms with E-state index in [1.165, 1.54) is 11.1 Å². The Balaban J connectivity index is 1.89. The molecule has 0 fully saturated rings. The Morgan fingerprint density at radius 2 is 1.83 bits per heavy atom. The highest BCUT2D eigenvalue weighted by molar-refractivity contribution is 5.81. The first-order chi connectivity index (χ1) is 8.53. The van der Waals surface area contributed by atoms with E-state index in [-0.39, 0.29) is 11.3 Å². The van der Waals surface area contributed by atoms with E-state index in [1.54, 1.807) is 7.05 Å². The van der Waals surface area contributed by atoms with Crippen molar-refractivity contribution >= 4 is 5.91 Å². The van der Waals surface area contributed by atoms with E-state index in [0.717, 1.165) is 12.8 Å². The zero-order chi connectivity index (χ0) is 13.2. The number of rotatable bonds is 4. The van der Waals surface area contributed by atoms with Crippen molar-refractivity contribution in [2.24, 2.45) is 5.41 Å². The first kappa shape index (κ1) is 13.1. The van der Waals surface area contributed by atoms with Crippen LogP contribution in [0, 0.1) is 5.41 Å². The van der Waals surface area contributed by atoms with Crippen LogP contribution in [0.5, 0.6) is 0 Å². The van der Waals surface area contributed by atoms with Crippen molar-refractivity contribution in [3.05, 3.63) is 35.4 Å². The molecule has 1 aliphatic carbocycles. The predicted molar refractivity (Wildman–Crippen MR) is 73.5 cm³/mol. The number of carbonyl (C=O) groups excluding carboxylic acids is 1. The van der Waals surface area contributed by atoms with E-state index in [4.69, 9.17) is 0 Å². The molecule has 0 aromatic heterocycles. The van der Waals surface area contributed by atoms with E-state index in [9.17, 15) is 4.79 Å². The number of amides is 1. The second-order valence-corrected chi connectivity index (χ2v) is 5.72. The molecule has 0 atom stereocenters. The largest absolute Gasteiger partial charge is 0.359 e. The van der Waals surface area contributed by atoms with Crippen molar-refractivity contribution in [2.45, 2.75) is 32.7 Å². The lowest BCUT2D eigenvalue weighted by atomic mass is 9.92. The predicted octanol–water partition coefficient (Wildman–Crippen LogP) is 1.52. The highest BCUT2D eigenvalue weighted by atomic mass is 16.2. The summed E-state index contributed by atoms with van der Waals surface area (Å²) in [5.41, 5.74) is 2.52. The third-order valence-electron chi connectivity index (χ3n) is 3.73. The number of benzene rings is 1. The molecule has 2 rings (SSSR count). The molecule has 2 N–H and O–H groups in total. The minimum absolute atomic E-state index is 0.0884. The van der Waals surface area contributed by atoms with Crippen LogP contribution in [0.1, 0.15) is 25.0 Å². The molecular formula is C15H22N2O. The third kappa shape index (κ3) is 2.72. The highest BCUT2D eigenvalue weighted by Crippen LogP contribution is 2.22. The van der Waals surface area contributed by atoms with Crippen LogP contribution in [0.2, 0.25) is 0 Å². The lowest BCUT2D eigenvalue weighted by molar-refractivity contribution is -0.128. The Kier molecular flexibility index (Phi) is 3.71. The lowest BCUT2D eigenvalue weighted by Crippen LogP contribution is -2.45. The van der Waals surface area contributed by atoms with Gasteiger partial charge in [-0.25, -0.2) is 0 Å². The number of hydrogen-bond donors (Lipinski definition) is 2. The smallest absolute Gasteiger partial charge is 0.226 e. The molecule has 0 saturated carbocycles. The summed E-state index contributed by atoms with van der Waals surface area (Å²) >= 11 is 0. The Hall–Kier alpha value is -1.35. The summed E-state index contributed by atoms with van der Waals surface area (Å²) < 4.78 is 0. The van der Waals surface area contributed by atoms with E-state index in [2.05, 4.69) is 34.9 Å². The molecule has 18 heavy (non-hydrogen) atoms. The van der Waals surface area contributed by atoms with Gasteiger partial charge in [0.1, 0.15) is 0 Å². The van der Waals surface area contributed by atoms with Crippen LogP contribution < -0.4 is 10.6 Å². The molecule has 0 saturated heterocycles. The van der Waals surface area contributed by atoms with Crippen molar-refractivity contribution < 1.29 is 4.79 Å². The lowest BCUT2D eigenvalue weighted by Gasteiger charge is -2.25. The van der Waals surface area contributed by atoms with Crippen molar-refractivity contribution in [2.75, 3.05) is 13.6 Å². The van der Waals surface area contributed by atoms with Gasteiger partial charge in [-0.3, -0.25) is 4.79 Å². The SMILES string of the molecule is CNC(=O)C(C)(C)CNC1Cc2ccccc2C1. The summed E-state index contributed by atoms with van der Waals surface area (Å²) in [6.07, 6.45) is 2.14. The normalized spacial score (nSPS) is 15.5. The summed E-state index contributed by atoms with van der Waals surface area (Å²) in [6.45, 7) is 4.66. The second-order valence-electron chi connectivity index (χ2n) is 5.72. The summed E-state index contributed by atoms with van der Waals surface area (Å²) in [4.78, 5) is 11.7. The van der Waals surface area contributed by atoms with Crippen LogP contribution in [0.15, 0.2) is 24.3 Å². The third-order valence-corrected chi connectivity index (χ3v) is 3.73. The molecule has 1 aromatic rings. The van der Waals surface area contributed by atoms with Gasteiger partial charge in [0.15, 0.2) is 0 Å². The fourth-order valence-corrected chi connectivity index (χ4v) is 2.52. The van der Waals surface area contributed by atoms with Gasteiger partial charge < -0.3 is 10.6 Å². The van der Waals surface area contributed by atoms with Gasteiger partial charge in [0.25, 0.3) is 0 Å². The van der Waals surface area contributed by atoms with Gasteiger partial charge in [-0.05, 0) is 37.8 Å². The van der Waals surface area contributed by atoms with Gasteiger partial charge in [0, 0.05) is 19.6 Å². The first-order valence-electron chi connectivity index (χ1n) is 6.55. The molecule has 0 aliphatic heterocycles.